The average Bonchev–Trinajstić information content (AvgIpc) is 3.02. The quantitative estimate of drug-likeness (QED) is 0.481. The number of para-hydroxylation sites is 1. The van der Waals surface area contributed by atoms with E-state index in [1.807, 2.05) is 17.0 Å². The Morgan fingerprint density at radius 3 is 2.76 bits per heavy atom. The molecule has 2 atom stereocenters. The van der Waals surface area contributed by atoms with Crippen LogP contribution >= 0.6 is 11.6 Å². The van der Waals surface area contributed by atoms with Gasteiger partial charge < -0.3 is 15.5 Å². The van der Waals surface area contributed by atoms with Crippen molar-refractivity contribution < 1.29 is 0 Å². The zero-order valence-electron chi connectivity index (χ0n) is 18.4. The number of halogens is 1. The number of aliphatic imine (C=N–C) groups is 1. The van der Waals surface area contributed by atoms with Gasteiger partial charge in [0.05, 0.1) is 17.8 Å². The number of nitrogens with two attached hydrogens (primary N) is 1. The summed E-state index contributed by atoms with van der Waals surface area (Å²) in [7, 11) is 0. The van der Waals surface area contributed by atoms with E-state index in [0.717, 1.165) is 31.4 Å². The van der Waals surface area contributed by atoms with Crippen molar-refractivity contribution in [1.82, 2.24) is 4.90 Å². The Hall–Kier alpha value is -3.49. The van der Waals surface area contributed by atoms with Crippen LogP contribution < -0.4 is 10.6 Å². The summed E-state index contributed by atoms with van der Waals surface area (Å²) < 4.78 is 0. The van der Waals surface area contributed by atoms with Crippen molar-refractivity contribution in [2.45, 2.75) is 37.8 Å². The number of guanidine groups is 1. The third kappa shape index (κ3) is 4.15. The minimum atomic E-state index is -0.422. The van der Waals surface area contributed by atoms with Crippen molar-refractivity contribution in [2.24, 2.45) is 10.7 Å². The summed E-state index contributed by atoms with van der Waals surface area (Å²) in [5.41, 5.74) is 12.1. The first-order valence-electron chi connectivity index (χ1n) is 11.3. The monoisotopic (exact) mass is 455 g/mol. The predicted octanol–water partition coefficient (Wildman–Crippen LogP) is 5.48. The van der Waals surface area contributed by atoms with Crippen molar-refractivity contribution in [2.75, 3.05) is 11.4 Å². The molecular formula is C27H26ClN5. The number of allylic oxidation sites excluding steroid dienone is 5. The van der Waals surface area contributed by atoms with Crippen molar-refractivity contribution in [3.05, 3.63) is 94.7 Å². The van der Waals surface area contributed by atoms with Crippen molar-refractivity contribution >= 4 is 28.9 Å². The molecule has 166 valence electrons. The lowest BCUT2D eigenvalue weighted by Crippen LogP contribution is -2.58. The maximum atomic E-state index is 10.3. The van der Waals surface area contributed by atoms with Gasteiger partial charge in [0.15, 0.2) is 5.96 Å². The molecule has 1 fully saturated rings. The first kappa shape index (κ1) is 21.4. The molecule has 6 heteroatoms. The first-order valence-corrected chi connectivity index (χ1v) is 11.7. The van der Waals surface area contributed by atoms with Crippen LogP contribution in [0, 0.1) is 11.3 Å². The molecule has 5 nitrogen and oxygen atoms in total. The van der Waals surface area contributed by atoms with Gasteiger partial charge in [0.2, 0.25) is 0 Å². The number of hydrogen-bond donors (Lipinski definition) is 1. The molecule has 2 unspecified atom stereocenters. The van der Waals surface area contributed by atoms with Gasteiger partial charge in [0.25, 0.3) is 0 Å². The standard InChI is InChI=1S/C27H26ClN5/c28-21-13-15-22(16-14-21)31-27(30)32-17-5-10-25(26(32)18-29)33-23-8-3-1-6-19(23)11-12-20-7-2-4-9-24(20)33/h1-4,6,8-9,12-16,25-26H,5,7,10-11,17H2,(H2,30,31). The highest BCUT2D eigenvalue weighted by Crippen LogP contribution is 2.39. The van der Waals surface area contributed by atoms with Crippen LogP contribution in [0.2, 0.25) is 5.02 Å². The van der Waals surface area contributed by atoms with E-state index in [2.05, 4.69) is 64.5 Å². The number of fused-ring (bicyclic) bond motifs is 2. The smallest absolute Gasteiger partial charge is 0.197 e. The van der Waals surface area contributed by atoms with Crippen LogP contribution in [-0.4, -0.2) is 29.5 Å². The van der Waals surface area contributed by atoms with E-state index >= 15 is 0 Å². The normalized spacial score (nSPS) is 22.5. The Labute approximate surface area is 199 Å². The third-order valence-electron chi connectivity index (χ3n) is 6.56. The molecule has 0 bridgehead atoms. The fraction of sp³-hybridized carbons (Fsp3) is 0.259. The largest absolute Gasteiger partial charge is 0.369 e. The number of piperidine rings is 1. The van der Waals surface area contributed by atoms with Gasteiger partial charge in [-0.15, -0.1) is 0 Å². The average molecular weight is 456 g/mol. The maximum absolute atomic E-state index is 10.3. The van der Waals surface area contributed by atoms with Gasteiger partial charge in [-0.3, -0.25) is 0 Å². The van der Waals surface area contributed by atoms with E-state index in [1.165, 1.54) is 22.5 Å². The fourth-order valence-electron chi connectivity index (χ4n) is 5.00. The molecule has 2 heterocycles. The maximum Gasteiger partial charge on any atom is 0.197 e. The predicted molar refractivity (Wildman–Crippen MR) is 134 cm³/mol. The highest BCUT2D eigenvalue weighted by atomic mass is 35.5. The van der Waals surface area contributed by atoms with Gasteiger partial charge >= 0.3 is 0 Å². The van der Waals surface area contributed by atoms with Gasteiger partial charge in [0.1, 0.15) is 6.04 Å². The molecule has 0 aromatic heterocycles. The molecule has 2 aromatic rings. The fourth-order valence-corrected chi connectivity index (χ4v) is 5.12. The number of benzene rings is 2. The Morgan fingerprint density at radius 1 is 1.12 bits per heavy atom. The highest BCUT2D eigenvalue weighted by molar-refractivity contribution is 6.30. The molecule has 0 amide bonds. The Morgan fingerprint density at radius 2 is 1.94 bits per heavy atom. The minimum absolute atomic E-state index is 0.0388. The van der Waals surface area contributed by atoms with E-state index in [-0.39, 0.29) is 6.04 Å². The topological polar surface area (TPSA) is 68.7 Å². The molecule has 1 saturated heterocycles. The Kier molecular flexibility index (Phi) is 5.93. The number of nitriles is 1. The number of nitrogens with zero attached hydrogens (tertiary/aromatic N) is 4. The first-order chi connectivity index (χ1) is 16.2. The van der Waals surface area contributed by atoms with Gasteiger partial charge in [-0.25, -0.2) is 4.99 Å². The summed E-state index contributed by atoms with van der Waals surface area (Å²) >= 11 is 6.00. The molecule has 1 aliphatic carbocycles. The number of anilines is 1. The second kappa shape index (κ2) is 9.17. The number of likely N-dealkylation sites (tertiary alicyclic amines) is 1. The SMILES string of the molecule is N#CC1C(N2C3=CC=CCC3=CCc3ccccc32)CCCN1C(N)=Nc1ccc(Cl)cc1. The van der Waals surface area contributed by atoms with E-state index in [9.17, 15) is 5.26 Å². The summed E-state index contributed by atoms with van der Waals surface area (Å²) in [6, 6.07) is 17.9. The van der Waals surface area contributed by atoms with E-state index in [4.69, 9.17) is 17.3 Å². The summed E-state index contributed by atoms with van der Waals surface area (Å²) in [6.07, 6.45) is 12.4. The molecule has 2 aromatic carbocycles. The van der Waals surface area contributed by atoms with Crippen molar-refractivity contribution in [3.63, 3.8) is 0 Å². The summed E-state index contributed by atoms with van der Waals surface area (Å²) in [6.45, 7) is 0.703. The summed E-state index contributed by atoms with van der Waals surface area (Å²) in [5, 5.41) is 11.0. The van der Waals surface area contributed by atoms with Crippen molar-refractivity contribution in [1.29, 1.82) is 5.26 Å². The molecule has 5 rings (SSSR count). The lowest BCUT2D eigenvalue weighted by Gasteiger charge is -2.45. The van der Waals surface area contributed by atoms with Crippen LogP contribution in [0.1, 0.15) is 24.8 Å². The Balaban J connectivity index is 1.54. The Bertz CT molecular complexity index is 1200. The molecule has 2 aliphatic heterocycles. The van der Waals surface area contributed by atoms with Crippen LogP contribution in [0.3, 0.4) is 0 Å². The van der Waals surface area contributed by atoms with Gasteiger partial charge in [0, 0.05) is 23.0 Å². The second-order valence-electron chi connectivity index (χ2n) is 8.54. The van der Waals surface area contributed by atoms with Gasteiger partial charge in [-0.1, -0.05) is 48.0 Å². The molecule has 33 heavy (non-hydrogen) atoms. The van der Waals surface area contributed by atoms with Crippen LogP contribution in [-0.2, 0) is 6.42 Å². The van der Waals surface area contributed by atoms with Crippen LogP contribution in [0.5, 0.6) is 0 Å². The van der Waals surface area contributed by atoms with E-state index < -0.39 is 6.04 Å². The lowest BCUT2D eigenvalue weighted by molar-refractivity contribution is 0.250. The second-order valence-corrected chi connectivity index (χ2v) is 8.98. The summed E-state index contributed by atoms with van der Waals surface area (Å²) in [5.74, 6) is 0.366. The van der Waals surface area contributed by atoms with E-state index in [0.29, 0.717) is 17.5 Å². The zero-order chi connectivity index (χ0) is 22.8. The minimum Gasteiger partial charge on any atom is -0.369 e. The van der Waals surface area contributed by atoms with Gasteiger partial charge in [-0.2, -0.15) is 5.26 Å². The van der Waals surface area contributed by atoms with E-state index in [1.54, 1.807) is 12.1 Å². The molecule has 0 saturated carbocycles. The van der Waals surface area contributed by atoms with Crippen molar-refractivity contribution in [3.8, 4) is 6.07 Å². The summed E-state index contributed by atoms with van der Waals surface area (Å²) in [4.78, 5) is 8.94. The highest BCUT2D eigenvalue weighted by Gasteiger charge is 2.39. The molecule has 2 N–H and O–H groups in total. The number of hydrogen-bond acceptors (Lipinski definition) is 3. The van der Waals surface area contributed by atoms with Gasteiger partial charge in [-0.05, 0) is 73.2 Å². The molecular weight excluding hydrogens is 430 g/mol. The molecule has 0 radical (unpaired) electrons. The molecule has 0 spiro atoms. The molecule has 3 aliphatic rings. The number of rotatable bonds is 2. The van der Waals surface area contributed by atoms with Crippen LogP contribution in [0.25, 0.3) is 0 Å². The lowest BCUT2D eigenvalue weighted by atomic mass is 9.92. The van der Waals surface area contributed by atoms with Crippen LogP contribution in [0.15, 0.2) is 89.1 Å². The third-order valence-corrected chi connectivity index (χ3v) is 6.82. The zero-order valence-corrected chi connectivity index (χ0v) is 19.1. The van der Waals surface area contributed by atoms with Crippen LogP contribution in [0.4, 0.5) is 11.4 Å².